The molecule has 0 bridgehead atoms. The lowest BCUT2D eigenvalue weighted by Gasteiger charge is -2.16. The molecule has 26 heavy (non-hydrogen) atoms. The highest BCUT2D eigenvalue weighted by atomic mass is 32.2. The summed E-state index contributed by atoms with van der Waals surface area (Å²) in [6.07, 6.45) is 4.56. The number of hydrogen-bond acceptors (Lipinski definition) is 4. The first kappa shape index (κ1) is 20.9. The van der Waals surface area contributed by atoms with Crippen molar-refractivity contribution in [2.75, 3.05) is 32.6 Å². The van der Waals surface area contributed by atoms with Gasteiger partial charge in [0.25, 0.3) is 0 Å². The first-order valence-electron chi connectivity index (χ1n) is 9.51. The summed E-state index contributed by atoms with van der Waals surface area (Å²) >= 11 is 1.84. The van der Waals surface area contributed by atoms with Gasteiger partial charge in [0, 0.05) is 30.5 Å². The average molecular weight is 380 g/mol. The summed E-state index contributed by atoms with van der Waals surface area (Å²) in [5, 5.41) is 7.26. The first-order valence-corrected chi connectivity index (χ1v) is 10.8. The van der Waals surface area contributed by atoms with E-state index in [1.165, 1.54) is 5.56 Å². The summed E-state index contributed by atoms with van der Waals surface area (Å²) in [6.45, 7) is 10.2. The predicted octanol–water partition coefficient (Wildman–Crippen LogP) is 3.36. The van der Waals surface area contributed by atoms with Gasteiger partial charge in [-0.15, -0.1) is 0 Å². The maximum atomic E-state index is 6.07. The van der Waals surface area contributed by atoms with Crippen LogP contribution in [0.15, 0.2) is 23.2 Å². The van der Waals surface area contributed by atoms with Crippen LogP contribution in [0.1, 0.15) is 37.8 Å². The molecule has 5 nitrogen and oxygen atoms in total. The molecule has 1 fully saturated rings. The van der Waals surface area contributed by atoms with Crippen molar-refractivity contribution in [3.63, 3.8) is 0 Å². The summed E-state index contributed by atoms with van der Waals surface area (Å²) in [7, 11) is 0. The molecular weight excluding hydrogens is 346 g/mol. The second kappa shape index (κ2) is 11.3. The van der Waals surface area contributed by atoms with Gasteiger partial charge in [-0.3, -0.25) is 0 Å². The Labute approximate surface area is 162 Å². The fourth-order valence-corrected chi connectivity index (χ4v) is 2.96. The number of rotatable bonds is 9. The fourth-order valence-electron chi connectivity index (χ4n) is 2.71. The molecule has 2 rings (SSSR count). The van der Waals surface area contributed by atoms with E-state index in [-0.39, 0.29) is 6.10 Å². The van der Waals surface area contributed by atoms with E-state index in [0.717, 1.165) is 49.8 Å². The van der Waals surface area contributed by atoms with Crippen molar-refractivity contribution in [1.82, 2.24) is 10.6 Å². The Bertz CT molecular complexity index is 574. The van der Waals surface area contributed by atoms with Crippen LogP contribution < -0.4 is 15.4 Å². The topological polar surface area (TPSA) is 54.9 Å². The van der Waals surface area contributed by atoms with E-state index in [0.29, 0.717) is 18.4 Å². The molecule has 0 saturated carbocycles. The number of nitrogens with one attached hydrogen (secondary N) is 2. The summed E-state index contributed by atoms with van der Waals surface area (Å²) in [6, 6.07) is 6.31. The number of benzene rings is 1. The second-order valence-electron chi connectivity index (χ2n) is 6.68. The Balaban J connectivity index is 2.00. The van der Waals surface area contributed by atoms with E-state index in [4.69, 9.17) is 14.5 Å². The van der Waals surface area contributed by atoms with Crippen molar-refractivity contribution in [3.8, 4) is 5.75 Å². The zero-order valence-electron chi connectivity index (χ0n) is 16.5. The zero-order valence-corrected chi connectivity index (χ0v) is 17.3. The quantitative estimate of drug-likeness (QED) is 0.509. The molecule has 1 heterocycles. The highest BCUT2D eigenvalue weighted by Crippen LogP contribution is 2.23. The van der Waals surface area contributed by atoms with Gasteiger partial charge in [-0.05, 0) is 44.6 Å². The normalized spacial score (nSPS) is 18.6. The minimum Gasteiger partial charge on any atom is -0.491 e. The standard InChI is InChI=1S/C20H33N3O2S/c1-5-21-20(22-12-16(3)26-4)23-13-17-9-8-15(2)11-19(17)25-14-18-7-6-10-24-18/h8-9,11,16,18H,5-7,10,12-14H2,1-4H3,(H2,21,22,23). The average Bonchev–Trinajstić information content (AvgIpc) is 3.16. The summed E-state index contributed by atoms with van der Waals surface area (Å²) < 4.78 is 11.7. The molecular formula is C20H33N3O2S. The van der Waals surface area contributed by atoms with E-state index < -0.39 is 0 Å². The second-order valence-corrected chi connectivity index (χ2v) is 7.96. The molecule has 1 aliphatic heterocycles. The lowest BCUT2D eigenvalue weighted by atomic mass is 10.1. The molecule has 1 aliphatic rings. The van der Waals surface area contributed by atoms with Crippen molar-refractivity contribution in [2.45, 2.75) is 51.5 Å². The van der Waals surface area contributed by atoms with E-state index in [1.54, 1.807) is 0 Å². The van der Waals surface area contributed by atoms with Gasteiger partial charge in [-0.25, -0.2) is 4.99 Å². The Hall–Kier alpha value is -1.40. The Kier molecular flexibility index (Phi) is 9.12. The van der Waals surface area contributed by atoms with Gasteiger partial charge in [0.1, 0.15) is 12.4 Å². The predicted molar refractivity (Wildman–Crippen MR) is 111 cm³/mol. The van der Waals surface area contributed by atoms with Gasteiger partial charge in [0.15, 0.2) is 5.96 Å². The third-order valence-electron chi connectivity index (χ3n) is 4.38. The van der Waals surface area contributed by atoms with Crippen LogP contribution in [0.2, 0.25) is 0 Å². The molecule has 1 aromatic carbocycles. The van der Waals surface area contributed by atoms with Gasteiger partial charge >= 0.3 is 0 Å². The molecule has 0 spiro atoms. The Morgan fingerprint density at radius 1 is 1.42 bits per heavy atom. The number of thioether (sulfide) groups is 1. The van der Waals surface area contributed by atoms with Gasteiger partial charge < -0.3 is 20.1 Å². The van der Waals surface area contributed by atoms with Gasteiger partial charge in [-0.2, -0.15) is 11.8 Å². The van der Waals surface area contributed by atoms with Crippen molar-refractivity contribution in [1.29, 1.82) is 0 Å². The number of hydrogen-bond donors (Lipinski definition) is 2. The Morgan fingerprint density at radius 2 is 2.27 bits per heavy atom. The number of aryl methyl sites for hydroxylation is 1. The van der Waals surface area contributed by atoms with Gasteiger partial charge in [0.05, 0.1) is 12.6 Å². The largest absolute Gasteiger partial charge is 0.491 e. The van der Waals surface area contributed by atoms with Crippen molar-refractivity contribution < 1.29 is 9.47 Å². The van der Waals surface area contributed by atoms with Crippen molar-refractivity contribution in [2.24, 2.45) is 4.99 Å². The van der Waals surface area contributed by atoms with Gasteiger partial charge in [0.2, 0.25) is 0 Å². The van der Waals surface area contributed by atoms with E-state index in [1.807, 2.05) is 11.8 Å². The van der Waals surface area contributed by atoms with E-state index >= 15 is 0 Å². The molecule has 146 valence electrons. The zero-order chi connectivity index (χ0) is 18.8. The monoisotopic (exact) mass is 379 g/mol. The summed E-state index contributed by atoms with van der Waals surface area (Å²) in [4.78, 5) is 4.73. The lowest BCUT2D eigenvalue weighted by molar-refractivity contribution is 0.0676. The first-order chi connectivity index (χ1) is 12.6. The van der Waals surface area contributed by atoms with Crippen LogP contribution in [0.4, 0.5) is 0 Å². The molecule has 2 unspecified atom stereocenters. The third kappa shape index (κ3) is 7.08. The van der Waals surface area contributed by atoms with Crippen LogP contribution in [0.5, 0.6) is 5.75 Å². The number of nitrogens with zero attached hydrogens (tertiary/aromatic N) is 1. The van der Waals surface area contributed by atoms with Gasteiger partial charge in [-0.1, -0.05) is 19.1 Å². The summed E-state index contributed by atoms with van der Waals surface area (Å²) in [5.41, 5.74) is 2.29. The number of aliphatic imine (C=N–C) groups is 1. The maximum absolute atomic E-state index is 6.07. The molecule has 0 radical (unpaired) electrons. The van der Waals surface area contributed by atoms with Crippen LogP contribution in [-0.4, -0.2) is 49.9 Å². The van der Waals surface area contributed by atoms with Crippen molar-refractivity contribution >= 4 is 17.7 Å². The Morgan fingerprint density at radius 3 is 2.96 bits per heavy atom. The van der Waals surface area contributed by atoms with Crippen LogP contribution in [-0.2, 0) is 11.3 Å². The molecule has 1 saturated heterocycles. The van der Waals surface area contributed by atoms with Crippen molar-refractivity contribution in [3.05, 3.63) is 29.3 Å². The maximum Gasteiger partial charge on any atom is 0.191 e. The number of ether oxygens (including phenoxy) is 2. The summed E-state index contributed by atoms with van der Waals surface area (Å²) in [5.74, 6) is 1.76. The highest BCUT2D eigenvalue weighted by molar-refractivity contribution is 7.99. The molecule has 2 atom stereocenters. The smallest absolute Gasteiger partial charge is 0.191 e. The van der Waals surface area contributed by atoms with E-state index in [9.17, 15) is 0 Å². The molecule has 2 N–H and O–H groups in total. The van der Waals surface area contributed by atoms with Crippen LogP contribution in [0.25, 0.3) is 0 Å². The number of guanidine groups is 1. The lowest BCUT2D eigenvalue weighted by Crippen LogP contribution is -2.40. The minimum atomic E-state index is 0.221. The fraction of sp³-hybridized carbons (Fsp3) is 0.650. The SMILES string of the molecule is CCNC(=NCc1ccc(C)cc1OCC1CCCO1)NCC(C)SC. The van der Waals surface area contributed by atoms with Crippen LogP contribution in [0, 0.1) is 6.92 Å². The minimum absolute atomic E-state index is 0.221. The molecule has 0 amide bonds. The molecule has 0 aromatic heterocycles. The van der Waals surface area contributed by atoms with E-state index in [2.05, 4.69) is 55.9 Å². The van der Waals surface area contributed by atoms with Crippen LogP contribution in [0.3, 0.4) is 0 Å². The molecule has 0 aliphatic carbocycles. The molecule has 6 heteroatoms. The van der Waals surface area contributed by atoms with Crippen LogP contribution >= 0.6 is 11.8 Å². The third-order valence-corrected chi connectivity index (χ3v) is 5.35. The highest BCUT2D eigenvalue weighted by Gasteiger charge is 2.17. The molecule has 1 aromatic rings.